The Morgan fingerprint density at radius 1 is 1.42 bits per heavy atom. The molecule has 1 amide bonds. The van der Waals surface area contributed by atoms with E-state index in [9.17, 15) is 9.18 Å². The molecule has 0 radical (unpaired) electrons. The van der Waals surface area contributed by atoms with E-state index in [-0.39, 0.29) is 5.82 Å². The van der Waals surface area contributed by atoms with Crippen LogP contribution in [0.5, 0.6) is 0 Å². The second-order valence-electron chi connectivity index (χ2n) is 4.72. The number of nitrogens with two attached hydrogens (primary N) is 1. The fourth-order valence-electron chi connectivity index (χ4n) is 1.92. The van der Waals surface area contributed by atoms with Gasteiger partial charge in [0.2, 0.25) is 0 Å². The van der Waals surface area contributed by atoms with Gasteiger partial charge in [-0.05, 0) is 38.2 Å². The summed E-state index contributed by atoms with van der Waals surface area (Å²) in [5.41, 5.74) is 2.94. The molecule has 0 spiro atoms. The highest BCUT2D eigenvalue weighted by Gasteiger charge is 2.10. The molecule has 3 N–H and O–H groups in total. The first-order valence-corrected chi connectivity index (χ1v) is 6.56. The number of hydrogen-bond donors (Lipinski definition) is 2. The zero-order chi connectivity index (χ0) is 14.3. The summed E-state index contributed by atoms with van der Waals surface area (Å²) >= 11 is 0. The molecule has 0 aromatic heterocycles. The van der Waals surface area contributed by atoms with E-state index in [1.165, 1.54) is 18.6 Å². The van der Waals surface area contributed by atoms with Crippen molar-refractivity contribution in [1.82, 2.24) is 10.3 Å². The molecule has 0 unspecified atom stereocenters. The van der Waals surface area contributed by atoms with E-state index < -0.39 is 5.91 Å². The van der Waals surface area contributed by atoms with Crippen LogP contribution in [0, 0.1) is 5.82 Å². The second-order valence-corrected chi connectivity index (χ2v) is 4.72. The van der Waals surface area contributed by atoms with Gasteiger partial charge in [0.15, 0.2) is 0 Å². The van der Waals surface area contributed by atoms with E-state index in [1.54, 1.807) is 6.07 Å². The summed E-state index contributed by atoms with van der Waals surface area (Å²) < 4.78 is 13.7. The van der Waals surface area contributed by atoms with Gasteiger partial charge in [0.1, 0.15) is 5.82 Å². The van der Waals surface area contributed by atoms with Crippen molar-refractivity contribution in [1.29, 1.82) is 0 Å². The Labute approximate surface area is 113 Å². The summed E-state index contributed by atoms with van der Waals surface area (Å²) in [6.07, 6.45) is 3.42. The molecule has 0 aliphatic heterocycles. The third-order valence-corrected chi connectivity index (χ3v) is 3.02. The molecule has 1 aromatic carbocycles. The Morgan fingerprint density at radius 3 is 2.79 bits per heavy atom. The molecular weight excluding hydrogens is 245 g/mol. The first kappa shape index (κ1) is 15.6. The SMILES string of the molecule is CCCCCN(C)Cc1cc(C(=O)NN)ccc1F. The van der Waals surface area contributed by atoms with E-state index in [1.807, 2.05) is 12.5 Å². The third kappa shape index (κ3) is 4.96. The molecule has 0 saturated heterocycles. The molecule has 0 saturated carbocycles. The van der Waals surface area contributed by atoms with Crippen molar-refractivity contribution in [3.8, 4) is 0 Å². The van der Waals surface area contributed by atoms with Crippen LogP contribution >= 0.6 is 0 Å². The summed E-state index contributed by atoms with van der Waals surface area (Å²) in [7, 11) is 1.95. The lowest BCUT2D eigenvalue weighted by Crippen LogP contribution is -2.30. The summed E-state index contributed by atoms with van der Waals surface area (Å²) in [4.78, 5) is 13.5. The monoisotopic (exact) mass is 267 g/mol. The number of nitrogens with zero attached hydrogens (tertiary/aromatic N) is 1. The number of rotatable bonds is 7. The van der Waals surface area contributed by atoms with E-state index in [0.29, 0.717) is 17.7 Å². The fourth-order valence-corrected chi connectivity index (χ4v) is 1.92. The van der Waals surface area contributed by atoms with Gasteiger partial charge < -0.3 is 4.90 Å². The van der Waals surface area contributed by atoms with Gasteiger partial charge in [-0.1, -0.05) is 19.8 Å². The molecule has 0 aliphatic carbocycles. The van der Waals surface area contributed by atoms with Crippen molar-refractivity contribution >= 4 is 5.91 Å². The Kier molecular flexibility index (Phi) is 6.45. The zero-order valence-corrected chi connectivity index (χ0v) is 11.6. The normalized spacial score (nSPS) is 10.8. The minimum absolute atomic E-state index is 0.295. The minimum Gasteiger partial charge on any atom is -0.302 e. The van der Waals surface area contributed by atoms with Crippen molar-refractivity contribution in [2.75, 3.05) is 13.6 Å². The number of hydrogen-bond acceptors (Lipinski definition) is 3. The first-order valence-electron chi connectivity index (χ1n) is 6.56. The molecule has 1 rings (SSSR count). The number of benzene rings is 1. The number of halogens is 1. The van der Waals surface area contributed by atoms with Gasteiger partial charge in [-0.3, -0.25) is 10.2 Å². The van der Waals surface area contributed by atoms with Crippen LogP contribution in [0.3, 0.4) is 0 Å². The number of hydrazine groups is 1. The number of amides is 1. The van der Waals surface area contributed by atoms with Gasteiger partial charge in [0.25, 0.3) is 5.91 Å². The Balaban J connectivity index is 2.68. The van der Waals surface area contributed by atoms with Crippen LogP contribution in [0.1, 0.15) is 42.1 Å². The standard InChI is InChI=1S/C14H22FN3O/c1-3-4-5-8-18(2)10-12-9-11(14(19)17-16)6-7-13(12)15/h6-7,9H,3-5,8,10,16H2,1-2H3,(H,17,19). The number of carbonyl (C=O) groups is 1. The van der Waals surface area contributed by atoms with Gasteiger partial charge in [-0.2, -0.15) is 0 Å². The van der Waals surface area contributed by atoms with Crippen molar-refractivity contribution in [3.05, 3.63) is 35.1 Å². The molecule has 0 atom stereocenters. The van der Waals surface area contributed by atoms with Crippen molar-refractivity contribution in [2.24, 2.45) is 5.84 Å². The molecule has 0 heterocycles. The van der Waals surface area contributed by atoms with E-state index >= 15 is 0 Å². The number of unbranched alkanes of at least 4 members (excludes halogenated alkanes) is 2. The summed E-state index contributed by atoms with van der Waals surface area (Å²) in [5, 5.41) is 0. The lowest BCUT2D eigenvalue weighted by Gasteiger charge is -2.17. The lowest BCUT2D eigenvalue weighted by atomic mass is 10.1. The molecule has 5 heteroatoms. The fraction of sp³-hybridized carbons (Fsp3) is 0.500. The van der Waals surface area contributed by atoms with E-state index in [0.717, 1.165) is 19.4 Å². The van der Waals surface area contributed by atoms with Crippen molar-refractivity contribution < 1.29 is 9.18 Å². The molecule has 106 valence electrons. The Morgan fingerprint density at radius 2 is 2.16 bits per heavy atom. The quantitative estimate of drug-likeness (QED) is 0.344. The first-order chi connectivity index (χ1) is 9.08. The maximum atomic E-state index is 13.7. The highest BCUT2D eigenvalue weighted by molar-refractivity contribution is 5.93. The highest BCUT2D eigenvalue weighted by atomic mass is 19.1. The Bertz CT molecular complexity index is 423. The molecule has 0 fully saturated rings. The van der Waals surface area contributed by atoms with Crippen LogP contribution in [-0.4, -0.2) is 24.4 Å². The van der Waals surface area contributed by atoms with Crippen LogP contribution in [0.2, 0.25) is 0 Å². The van der Waals surface area contributed by atoms with E-state index in [4.69, 9.17) is 5.84 Å². The van der Waals surface area contributed by atoms with Gasteiger partial charge in [-0.15, -0.1) is 0 Å². The molecule has 19 heavy (non-hydrogen) atoms. The van der Waals surface area contributed by atoms with Gasteiger partial charge >= 0.3 is 0 Å². The molecule has 0 aliphatic rings. The predicted molar refractivity (Wildman–Crippen MR) is 73.9 cm³/mol. The maximum Gasteiger partial charge on any atom is 0.265 e. The minimum atomic E-state index is -0.408. The van der Waals surface area contributed by atoms with E-state index in [2.05, 4.69) is 11.8 Å². The summed E-state index contributed by atoms with van der Waals surface area (Å²) in [6, 6.07) is 4.28. The van der Waals surface area contributed by atoms with Gasteiger partial charge in [-0.25, -0.2) is 10.2 Å². The largest absolute Gasteiger partial charge is 0.302 e. The lowest BCUT2D eigenvalue weighted by molar-refractivity contribution is 0.0953. The molecule has 0 bridgehead atoms. The topological polar surface area (TPSA) is 58.4 Å². The number of nitrogens with one attached hydrogen (secondary N) is 1. The maximum absolute atomic E-state index is 13.7. The van der Waals surface area contributed by atoms with Crippen LogP contribution in [0.25, 0.3) is 0 Å². The smallest absolute Gasteiger partial charge is 0.265 e. The van der Waals surface area contributed by atoms with Crippen LogP contribution in [0.15, 0.2) is 18.2 Å². The Hall–Kier alpha value is -1.46. The molecule has 1 aromatic rings. The third-order valence-electron chi connectivity index (χ3n) is 3.02. The van der Waals surface area contributed by atoms with Crippen molar-refractivity contribution in [2.45, 2.75) is 32.7 Å². The summed E-state index contributed by atoms with van der Waals surface area (Å²) in [5.74, 6) is 4.37. The number of carbonyl (C=O) groups excluding carboxylic acids is 1. The van der Waals surface area contributed by atoms with Crippen LogP contribution < -0.4 is 11.3 Å². The predicted octanol–water partition coefficient (Wildman–Crippen LogP) is 2.05. The molecular formula is C14H22FN3O. The second kappa shape index (κ2) is 7.86. The van der Waals surface area contributed by atoms with Crippen molar-refractivity contribution in [3.63, 3.8) is 0 Å². The molecule has 4 nitrogen and oxygen atoms in total. The van der Waals surface area contributed by atoms with Gasteiger partial charge in [0.05, 0.1) is 0 Å². The summed E-state index contributed by atoms with van der Waals surface area (Å²) in [6.45, 7) is 3.55. The zero-order valence-electron chi connectivity index (χ0n) is 11.6. The highest BCUT2D eigenvalue weighted by Crippen LogP contribution is 2.13. The van der Waals surface area contributed by atoms with Gasteiger partial charge in [0, 0.05) is 17.7 Å². The average molecular weight is 267 g/mol. The van der Waals surface area contributed by atoms with Crippen LogP contribution in [0.4, 0.5) is 4.39 Å². The number of nitrogen functional groups attached to an aromatic ring is 1. The van der Waals surface area contributed by atoms with Crippen LogP contribution in [-0.2, 0) is 6.54 Å². The average Bonchev–Trinajstić information content (AvgIpc) is 2.40.